The second kappa shape index (κ2) is 8.18. The number of rotatable bonds is 5. The van der Waals surface area contributed by atoms with E-state index in [1.165, 1.54) is 0 Å². The maximum Gasteiger partial charge on any atom is 0.274 e. The van der Waals surface area contributed by atoms with E-state index in [1.807, 2.05) is 54.6 Å². The highest BCUT2D eigenvalue weighted by Crippen LogP contribution is 2.28. The normalized spacial score (nSPS) is 14.2. The summed E-state index contributed by atoms with van der Waals surface area (Å²) in [5.74, 6) is -0.265. The van der Waals surface area contributed by atoms with Gasteiger partial charge in [-0.2, -0.15) is 10.2 Å². The molecule has 1 fully saturated rings. The lowest BCUT2D eigenvalue weighted by Crippen LogP contribution is -2.30. The smallest absolute Gasteiger partial charge is 0.274 e. The second-order valence-corrected chi connectivity index (χ2v) is 7.90. The Hall–Kier alpha value is -3.74. The summed E-state index contributed by atoms with van der Waals surface area (Å²) in [5.41, 5.74) is 2.67. The van der Waals surface area contributed by atoms with Gasteiger partial charge in [-0.25, -0.2) is 4.68 Å². The van der Waals surface area contributed by atoms with Gasteiger partial charge >= 0.3 is 0 Å². The van der Waals surface area contributed by atoms with Crippen molar-refractivity contribution in [2.24, 2.45) is 0 Å². The van der Waals surface area contributed by atoms with E-state index in [2.05, 4.69) is 20.6 Å². The van der Waals surface area contributed by atoms with Crippen LogP contribution < -0.4 is 10.9 Å². The molecule has 1 amide bonds. The van der Waals surface area contributed by atoms with Crippen molar-refractivity contribution in [1.82, 2.24) is 25.3 Å². The fourth-order valence-corrected chi connectivity index (χ4v) is 4.25. The third kappa shape index (κ3) is 3.74. The minimum absolute atomic E-state index is 0.0568. The number of nitrogens with one attached hydrogen (secondary N) is 2. The summed E-state index contributed by atoms with van der Waals surface area (Å²) in [6.07, 6.45) is 4.16. The second-order valence-electron chi connectivity index (χ2n) is 7.90. The molecule has 31 heavy (non-hydrogen) atoms. The van der Waals surface area contributed by atoms with Crippen molar-refractivity contribution < 1.29 is 4.79 Å². The van der Waals surface area contributed by atoms with Crippen molar-refractivity contribution in [2.75, 3.05) is 0 Å². The van der Waals surface area contributed by atoms with Crippen LogP contribution in [0, 0.1) is 0 Å². The van der Waals surface area contributed by atoms with E-state index < -0.39 is 0 Å². The first-order chi connectivity index (χ1) is 15.2. The van der Waals surface area contributed by atoms with Gasteiger partial charge in [-0.05, 0) is 25.0 Å². The minimum Gasteiger partial charge on any atom is -0.345 e. The molecule has 0 aliphatic heterocycles. The fraction of sp³-hybridized carbons (Fsp3) is 0.250. The van der Waals surface area contributed by atoms with E-state index in [0.29, 0.717) is 22.5 Å². The predicted octanol–water partition coefficient (Wildman–Crippen LogP) is 3.83. The number of nitrogens with zero attached hydrogens (tertiary/aromatic N) is 3. The summed E-state index contributed by atoms with van der Waals surface area (Å²) in [5, 5.41) is 16.0. The third-order valence-corrected chi connectivity index (χ3v) is 5.88. The zero-order valence-electron chi connectivity index (χ0n) is 17.0. The Morgan fingerprint density at radius 1 is 1.03 bits per heavy atom. The Balaban J connectivity index is 1.40. The van der Waals surface area contributed by atoms with Crippen molar-refractivity contribution in [3.05, 3.63) is 82.4 Å². The largest absolute Gasteiger partial charge is 0.345 e. The first-order valence-corrected chi connectivity index (χ1v) is 10.6. The number of aromatic nitrogens is 4. The summed E-state index contributed by atoms with van der Waals surface area (Å²) >= 11 is 0. The summed E-state index contributed by atoms with van der Waals surface area (Å²) < 4.78 is 1.63. The van der Waals surface area contributed by atoms with Crippen LogP contribution in [0.4, 0.5) is 0 Å². The molecular formula is C24H23N5O2. The van der Waals surface area contributed by atoms with E-state index in [9.17, 15) is 9.59 Å². The fourth-order valence-electron chi connectivity index (χ4n) is 4.25. The molecule has 4 aromatic rings. The van der Waals surface area contributed by atoms with Crippen LogP contribution in [0.5, 0.6) is 0 Å². The Labute approximate surface area is 179 Å². The molecule has 7 heteroatoms. The van der Waals surface area contributed by atoms with Crippen molar-refractivity contribution in [1.29, 1.82) is 0 Å². The highest BCUT2D eigenvalue weighted by atomic mass is 16.2. The van der Waals surface area contributed by atoms with Gasteiger partial charge in [0.25, 0.3) is 11.5 Å². The van der Waals surface area contributed by atoms with E-state index in [-0.39, 0.29) is 24.1 Å². The molecule has 2 N–H and O–H groups in total. The molecule has 1 saturated carbocycles. The zero-order valence-corrected chi connectivity index (χ0v) is 17.0. The van der Waals surface area contributed by atoms with Gasteiger partial charge in [0.05, 0.1) is 29.4 Å². The first-order valence-electron chi connectivity index (χ1n) is 10.6. The van der Waals surface area contributed by atoms with E-state index in [1.54, 1.807) is 10.7 Å². The molecule has 0 radical (unpaired) electrons. The average Bonchev–Trinajstić information content (AvgIpc) is 3.52. The lowest BCUT2D eigenvalue weighted by Gasteiger charge is -2.16. The molecular weight excluding hydrogens is 390 g/mol. The lowest BCUT2D eigenvalue weighted by atomic mass is 10.1. The van der Waals surface area contributed by atoms with E-state index in [0.717, 1.165) is 36.6 Å². The lowest BCUT2D eigenvalue weighted by molar-refractivity contribution is 0.0945. The zero-order chi connectivity index (χ0) is 21.2. The van der Waals surface area contributed by atoms with Crippen LogP contribution in [0.15, 0.2) is 65.5 Å². The number of benzene rings is 2. The van der Waals surface area contributed by atoms with Gasteiger partial charge in [-0.1, -0.05) is 61.4 Å². The first kappa shape index (κ1) is 19.2. The van der Waals surface area contributed by atoms with Crippen LogP contribution >= 0.6 is 0 Å². The van der Waals surface area contributed by atoms with Gasteiger partial charge in [0, 0.05) is 10.9 Å². The van der Waals surface area contributed by atoms with Crippen molar-refractivity contribution >= 4 is 16.7 Å². The number of aromatic amines is 1. The quantitative estimate of drug-likeness (QED) is 0.520. The minimum atomic E-state index is -0.265. The molecule has 156 valence electrons. The molecule has 0 saturated heterocycles. The van der Waals surface area contributed by atoms with Gasteiger partial charge in [0.2, 0.25) is 0 Å². The average molecular weight is 413 g/mol. The molecule has 0 spiro atoms. The molecule has 0 bridgehead atoms. The Morgan fingerprint density at radius 2 is 1.74 bits per heavy atom. The molecule has 7 nitrogen and oxygen atoms in total. The van der Waals surface area contributed by atoms with Crippen molar-refractivity contribution in [2.45, 2.75) is 38.3 Å². The van der Waals surface area contributed by atoms with Gasteiger partial charge in [-0.3, -0.25) is 14.7 Å². The van der Waals surface area contributed by atoms with Crippen molar-refractivity contribution in [3.63, 3.8) is 0 Å². The number of hydrogen-bond donors (Lipinski definition) is 2. The number of amides is 1. The number of carbonyl (C=O) groups excluding carboxylic acids is 1. The molecule has 0 unspecified atom stereocenters. The summed E-state index contributed by atoms with van der Waals surface area (Å²) in [4.78, 5) is 25.7. The topological polar surface area (TPSA) is 92.7 Å². The van der Waals surface area contributed by atoms with Gasteiger partial charge < -0.3 is 5.32 Å². The molecule has 2 heterocycles. The van der Waals surface area contributed by atoms with Crippen LogP contribution in [0.2, 0.25) is 0 Å². The Bertz CT molecular complexity index is 1290. The predicted molar refractivity (Wildman–Crippen MR) is 119 cm³/mol. The van der Waals surface area contributed by atoms with E-state index >= 15 is 0 Å². The number of hydrogen-bond acceptors (Lipinski definition) is 4. The van der Waals surface area contributed by atoms with Crippen LogP contribution in [-0.4, -0.2) is 25.9 Å². The number of fused-ring (bicyclic) bond motifs is 1. The third-order valence-electron chi connectivity index (χ3n) is 5.88. The van der Waals surface area contributed by atoms with E-state index in [4.69, 9.17) is 0 Å². The number of carbonyl (C=O) groups is 1. The van der Waals surface area contributed by atoms with Crippen LogP contribution in [-0.2, 0) is 6.54 Å². The number of H-pyrrole nitrogens is 1. The summed E-state index contributed by atoms with van der Waals surface area (Å²) in [7, 11) is 0. The highest BCUT2D eigenvalue weighted by Gasteiger charge is 2.21. The standard InChI is InChI=1S/C24H23N5O2/c30-23(21-14-20(26-27-21)16-8-2-1-3-9-16)25-15-22-18-12-6-7-13-19(18)24(31)29(28-22)17-10-4-5-11-17/h1-3,6-9,12-14,17H,4-5,10-11,15H2,(H,25,30)(H,26,27). The van der Waals surface area contributed by atoms with Crippen molar-refractivity contribution in [3.8, 4) is 11.3 Å². The molecule has 5 rings (SSSR count). The van der Waals surface area contributed by atoms with Crippen LogP contribution in [0.1, 0.15) is 47.9 Å². The van der Waals surface area contributed by atoms with Gasteiger partial charge in [-0.15, -0.1) is 0 Å². The maximum absolute atomic E-state index is 13.0. The van der Waals surface area contributed by atoms with Crippen LogP contribution in [0.25, 0.3) is 22.0 Å². The highest BCUT2D eigenvalue weighted by molar-refractivity contribution is 5.93. The Kier molecular flexibility index (Phi) is 5.08. The van der Waals surface area contributed by atoms with Crippen LogP contribution in [0.3, 0.4) is 0 Å². The summed E-state index contributed by atoms with van der Waals surface area (Å²) in [6, 6.07) is 19.0. The van der Waals surface area contributed by atoms with Gasteiger partial charge in [0.15, 0.2) is 0 Å². The Morgan fingerprint density at radius 3 is 2.52 bits per heavy atom. The van der Waals surface area contributed by atoms with Gasteiger partial charge in [0.1, 0.15) is 5.69 Å². The molecule has 0 atom stereocenters. The maximum atomic E-state index is 13.0. The monoisotopic (exact) mass is 413 g/mol. The molecule has 2 aromatic heterocycles. The SMILES string of the molecule is O=C(NCc1nn(C2CCCC2)c(=O)c2ccccc12)c1cc(-c2ccccc2)n[nH]1. The summed E-state index contributed by atoms with van der Waals surface area (Å²) in [6.45, 7) is 0.228. The molecule has 1 aliphatic rings. The molecule has 1 aliphatic carbocycles. The molecule has 2 aromatic carbocycles.